The molecule has 11 atom stereocenters. The molecule has 0 radical (unpaired) electrons. The lowest BCUT2D eigenvalue weighted by atomic mass is 9.89. The molecule has 0 aliphatic carbocycles. The van der Waals surface area contributed by atoms with Crippen molar-refractivity contribution >= 4 is 19.6 Å². The van der Waals surface area contributed by atoms with Crippen molar-refractivity contribution in [2.75, 3.05) is 19.4 Å². The van der Waals surface area contributed by atoms with Gasteiger partial charge in [0.2, 0.25) is 0 Å². The minimum absolute atomic E-state index is 0.124. The highest BCUT2D eigenvalue weighted by atomic mass is 31.2. The highest BCUT2D eigenvalue weighted by Crippen LogP contribution is 2.48. The summed E-state index contributed by atoms with van der Waals surface area (Å²) in [6.45, 7) is -1.75. The van der Waals surface area contributed by atoms with Gasteiger partial charge in [-0.05, 0) is 20.0 Å². The minimum Gasteiger partial charge on any atom is -0.756 e. The van der Waals surface area contributed by atoms with Gasteiger partial charge in [-0.15, -0.1) is 0 Å². The molecule has 38 heavy (non-hydrogen) atoms. The average Bonchev–Trinajstić information content (AvgIpc) is 3.14. The third kappa shape index (κ3) is 6.22. The van der Waals surface area contributed by atoms with E-state index in [2.05, 4.69) is 14.8 Å². The SMILES string of the molecule is [2H]CC(O)C(O)C1OC(OP(=O)([O-])OCC2OC(n3ccc(N)nc3=O)C(O)C2O)(C(=O)O)CC(O)C1NC. The van der Waals surface area contributed by atoms with E-state index in [0.717, 1.165) is 10.8 Å². The number of likely N-dealkylation sites (N-methyl/N-ethyl adjacent to an activating group) is 1. The maximum Gasteiger partial charge on any atom is 0.364 e. The molecule has 19 heteroatoms. The Labute approximate surface area is 216 Å². The van der Waals surface area contributed by atoms with Gasteiger partial charge in [0.1, 0.15) is 36.3 Å². The van der Waals surface area contributed by atoms with Crippen LogP contribution < -0.4 is 21.6 Å². The Morgan fingerprint density at radius 2 is 2.13 bits per heavy atom. The fourth-order valence-electron chi connectivity index (χ4n) is 4.14. The standard InChI is InChI=1S/C19H31N4O14P/c1-7(24)12(26)15-11(21-2)8(25)5-19(36-15,17(29)30)37-38(32,33)34-6-9-13(27)14(28)16(35-9)23-4-3-10(20)22-18(23)31/h3-4,7-9,11-16,21,24-28H,5-6H2,1-2H3,(H,29,30)(H,32,33)(H2,20,22,31)/p-1/i1D. The van der Waals surface area contributed by atoms with E-state index in [0.29, 0.717) is 0 Å². The summed E-state index contributed by atoms with van der Waals surface area (Å²) in [6.07, 6.45) is -13.5. The topological polar surface area (TPSA) is 288 Å². The second-order valence-electron chi connectivity index (χ2n) is 8.71. The highest BCUT2D eigenvalue weighted by Gasteiger charge is 2.56. The van der Waals surface area contributed by atoms with E-state index in [4.69, 9.17) is 21.1 Å². The lowest BCUT2D eigenvalue weighted by Crippen LogP contribution is -2.66. The number of anilines is 1. The molecule has 0 aromatic carbocycles. The van der Waals surface area contributed by atoms with Crippen LogP contribution in [0.3, 0.4) is 0 Å². The van der Waals surface area contributed by atoms with Crippen LogP contribution in [0, 0.1) is 0 Å². The van der Waals surface area contributed by atoms with Crippen LogP contribution in [0.25, 0.3) is 0 Å². The van der Waals surface area contributed by atoms with Crippen molar-refractivity contribution in [2.45, 2.75) is 74.1 Å². The molecular formula is C19H30N4O14P-. The molecule has 0 saturated carbocycles. The molecule has 2 saturated heterocycles. The quantitative estimate of drug-likeness (QED) is 0.122. The van der Waals surface area contributed by atoms with Gasteiger partial charge in [0.15, 0.2) is 6.23 Å². The van der Waals surface area contributed by atoms with E-state index in [9.17, 15) is 49.7 Å². The van der Waals surface area contributed by atoms with E-state index >= 15 is 0 Å². The first kappa shape index (κ1) is 28.9. The van der Waals surface area contributed by atoms with Gasteiger partial charge >= 0.3 is 11.7 Å². The molecule has 3 rings (SSSR count). The van der Waals surface area contributed by atoms with E-state index in [1.165, 1.54) is 13.1 Å². The van der Waals surface area contributed by atoms with Gasteiger partial charge < -0.3 is 60.6 Å². The molecule has 0 spiro atoms. The molecule has 3 heterocycles. The number of phosphoric ester groups is 1. The number of phosphoric acid groups is 1. The lowest BCUT2D eigenvalue weighted by Gasteiger charge is -2.47. The number of hydrogen-bond acceptors (Lipinski definition) is 16. The number of nitrogens with zero attached hydrogens (tertiary/aromatic N) is 2. The van der Waals surface area contributed by atoms with Crippen LogP contribution in [0.5, 0.6) is 0 Å². The minimum atomic E-state index is -5.67. The fourth-order valence-corrected chi connectivity index (χ4v) is 5.08. The van der Waals surface area contributed by atoms with E-state index < -0.39 is 100 Å². The Morgan fingerprint density at radius 1 is 1.45 bits per heavy atom. The predicted octanol–water partition coefficient (Wildman–Crippen LogP) is -4.79. The van der Waals surface area contributed by atoms with Gasteiger partial charge in [-0.25, -0.2) is 9.59 Å². The molecule has 216 valence electrons. The zero-order valence-electron chi connectivity index (χ0n) is 20.8. The number of aliphatic hydroxyl groups excluding tert-OH is 5. The van der Waals surface area contributed by atoms with Gasteiger partial charge in [-0.1, -0.05) is 0 Å². The van der Waals surface area contributed by atoms with Crippen LogP contribution in [0.1, 0.15) is 20.9 Å². The van der Waals surface area contributed by atoms with Gasteiger partial charge in [0, 0.05) is 14.0 Å². The van der Waals surface area contributed by atoms with Crippen LogP contribution in [0.4, 0.5) is 5.82 Å². The van der Waals surface area contributed by atoms with E-state index in [-0.39, 0.29) is 5.82 Å². The summed E-state index contributed by atoms with van der Waals surface area (Å²) in [7, 11) is -4.34. The number of aliphatic carboxylic acids is 1. The van der Waals surface area contributed by atoms with Crippen molar-refractivity contribution in [3.05, 3.63) is 22.7 Å². The number of hydrogen-bond donors (Lipinski definition) is 8. The molecule has 9 N–H and O–H groups in total. The number of rotatable bonds is 10. The number of carbonyl (C=O) groups is 1. The number of nitrogens with two attached hydrogens (primary N) is 1. The molecule has 2 aliphatic rings. The van der Waals surface area contributed by atoms with Gasteiger partial charge in [0.05, 0.1) is 24.9 Å². The van der Waals surface area contributed by atoms with Crippen LogP contribution in [0.2, 0.25) is 0 Å². The van der Waals surface area contributed by atoms with Crippen molar-refractivity contribution in [2.24, 2.45) is 0 Å². The summed E-state index contributed by atoms with van der Waals surface area (Å²) >= 11 is 0. The first-order chi connectivity index (χ1) is 18.2. The third-order valence-corrected chi connectivity index (χ3v) is 7.07. The first-order valence-corrected chi connectivity index (χ1v) is 12.6. The lowest BCUT2D eigenvalue weighted by molar-refractivity contribution is -0.313. The predicted molar refractivity (Wildman–Crippen MR) is 120 cm³/mol. The first-order valence-electron chi connectivity index (χ1n) is 11.8. The Bertz CT molecular complexity index is 1130. The molecule has 0 amide bonds. The normalized spacial score (nSPS) is 37.2. The zero-order chi connectivity index (χ0) is 29.3. The monoisotopic (exact) mass is 570 g/mol. The molecule has 2 aliphatic heterocycles. The fraction of sp³-hybridized carbons (Fsp3) is 0.737. The number of aromatic nitrogens is 2. The van der Waals surface area contributed by atoms with E-state index in [1.54, 1.807) is 0 Å². The maximum atomic E-state index is 12.6. The number of nitrogens with one attached hydrogen (secondary N) is 1. The summed E-state index contributed by atoms with van der Waals surface area (Å²) < 4.78 is 40.7. The zero-order valence-corrected chi connectivity index (χ0v) is 20.7. The number of nitrogen functional groups attached to an aromatic ring is 1. The van der Waals surface area contributed by atoms with Crippen molar-refractivity contribution < 1.29 is 64.8 Å². The van der Waals surface area contributed by atoms with Crippen molar-refractivity contribution in [3.8, 4) is 0 Å². The van der Waals surface area contributed by atoms with Crippen LogP contribution >= 0.6 is 7.82 Å². The molecular weight excluding hydrogens is 539 g/mol. The van der Waals surface area contributed by atoms with Crippen LogP contribution in [0.15, 0.2) is 17.1 Å². The molecule has 18 nitrogen and oxygen atoms in total. The second kappa shape index (κ2) is 11.6. The molecule has 11 unspecified atom stereocenters. The summed E-state index contributed by atoms with van der Waals surface area (Å²) in [5.74, 6) is -5.28. The number of carboxylic acids is 1. The highest BCUT2D eigenvalue weighted by molar-refractivity contribution is 7.45. The smallest absolute Gasteiger partial charge is 0.364 e. The number of carboxylic acid groups (broad SMARTS) is 1. The largest absolute Gasteiger partial charge is 0.756 e. The van der Waals surface area contributed by atoms with Crippen molar-refractivity contribution in [1.82, 2.24) is 14.9 Å². The molecule has 1 aromatic rings. The molecule has 2 fully saturated rings. The second-order valence-corrected chi connectivity index (χ2v) is 10.0. The van der Waals surface area contributed by atoms with Gasteiger partial charge in [-0.2, -0.15) is 4.98 Å². The van der Waals surface area contributed by atoms with Gasteiger partial charge in [0.25, 0.3) is 13.6 Å². The molecule has 0 bridgehead atoms. The summed E-state index contributed by atoms with van der Waals surface area (Å²) in [5.41, 5.74) is 4.47. The summed E-state index contributed by atoms with van der Waals surface area (Å²) in [6, 6.07) is 0.0133. The van der Waals surface area contributed by atoms with Gasteiger partial charge in [-0.3, -0.25) is 13.7 Å². The third-order valence-electron chi connectivity index (χ3n) is 6.08. The average molecular weight is 570 g/mol. The van der Waals surface area contributed by atoms with E-state index in [1.807, 2.05) is 0 Å². The number of ether oxygens (including phenoxy) is 2. The van der Waals surface area contributed by atoms with Crippen LogP contribution in [-0.2, 0) is 27.9 Å². The Kier molecular flexibility index (Phi) is 8.82. The Balaban J connectivity index is 1.76. The van der Waals surface area contributed by atoms with Crippen LogP contribution in [-0.4, -0.2) is 114 Å². The Hall–Kier alpha value is -2.06. The van der Waals surface area contributed by atoms with Crippen molar-refractivity contribution in [3.63, 3.8) is 0 Å². The Morgan fingerprint density at radius 3 is 2.71 bits per heavy atom. The maximum absolute atomic E-state index is 12.6. The molecule has 1 aromatic heterocycles. The van der Waals surface area contributed by atoms with Crippen molar-refractivity contribution in [1.29, 1.82) is 0 Å². The number of aliphatic hydroxyl groups is 5. The summed E-state index contributed by atoms with van der Waals surface area (Å²) in [4.78, 5) is 40.2. The summed E-state index contributed by atoms with van der Waals surface area (Å²) in [5, 5.41) is 63.6.